The van der Waals surface area contributed by atoms with Crippen molar-refractivity contribution < 1.29 is 13.3 Å². The van der Waals surface area contributed by atoms with Gasteiger partial charge in [-0.2, -0.15) is 0 Å². The molecule has 0 fully saturated rings. The molecule has 0 rings (SSSR count). The summed E-state index contributed by atoms with van der Waals surface area (Å²) in [6, 6.07) is 0.945. The summed E-state index contributed by atoms with van der Waals surface area (Å²) < 4.78 is 16.0. The number of hydrogen-bond donors (Lipinski definition) is 1. The zero-order chi connectivity index (χ0) is 12.6. The summed E-state index contributed by atoms with van der Waals surface area (Å²) in [7, 11) is 6.55. The fraction of sp³-hybridized carbons (Fsp3) is 1.00. The third-order valence-corrected chi connectivity index (χ3v) is 5.47. The molecule has 5 nitrogen and oxygen atoms in total. The first kappa shape index (κ1) is 16.0. The van der Waals surface area contributed by atoms with Crippen molar-refractivity contribution in [1.82, 2.24) is 4.90 Å². The molecule has 0 aliphatic heterocycles. The quantitative estimate of drug-likeness (QED) is 0.605. The van der Waals surface area contributed by atoms with Gasteiger partial charge in [-0.1, -0.05) is 0 Å². The Hall–Kier alpha value is 0.0169. The van der Waals surface area contributed by atoms with Gasteiger partial charge in [-0.05, 0) is 33.5 Å². The molecule has 0 radical (unpaired) electrons. The van der Waals surface area contributed by atoms with Crippen LogP contribution in [0.3, 0.4) is 0 Å². The Morgan fingerprint density at radius 1 is 1.06 bits per heavy atom. The van der Waals surface area contributed by atoms with Crippen molar-refractivity contribution in [3.63, 3.8) is 0 Å². The van der Waals surface area contributed by atoms with Crippen LogP contribution in [-0.4, -0.2) is 61.7 Å². The van der Waals surface area contributed by atoms with Gasteiger partial charge in [0.15, 0.2) is 0 Å². The second-order valence-electron chi connectivity index (χ2n) is 4.19. The van der Waals surface area contributed by atoms with Crippen molar-refractivity contribution in [3.8, 4) is 0 Å². The van der Waals surface area contributed by atoms with Gasteiger partial charge in [-0.25, -0.2) is 0 Å². The molecule has 6 heteroatoms. The lowest BCUT2D eigenvalue weighted by Gasteiger charge is -2.25. The lowest BCUT2D eigenvalue weighted by Crippen LogP contribution is -2.44. The molecule has 0 bridgehead atoms. The molecule has 0 amide bonds. The van der Waals surface area contributed by atoms with Crippen LogP contribution in [0.15, 0.2) is 0 Å². The minimum Gasteiger partial charge on any atom is -0.377 e. The predicted molar refractivity (Wildman–Crippen MR) is 67.4 cm³/mol. The Balaban J connectivity index is 3.91. The third-order valence-electron chi connectivity index (χ3n) is 2.70. The maximum atomic E-state index is 6.02. The van der Waals surface area contributed by atoms with Gasteiger partial charge >= 0.3 is 8.80 Å². The van der Waals surface area contributed by atoms with E-state index in [-0.39, 0.29) is 6.04 Å². The molecule has 0 aliphatic carbocycles. The maximum absolute atomic E-state index is 6.02. The van der Waals surface area contributed by atoms with E-state index in [2.05, 4.69) is 4.90 Å². The van der Waals surface area contributed by atoms with Crippen LogP contribution in [0, 0.1) is 0 Å². The standard InChI is InChI=1S/C10H26N2O3Si/c1-12(2)8-6-10(11)7-9-16(13-3,14-4)15-5/h10H,6-9,11H2,1-5H3. The monoisotopic (exact) mass is 250 g/mol. The van der Waals surface area contributed by atoms with Crippen molar-refractivity contribution in [2.24, 2.45) is 5.73 Å². The summed E-state index contributed by atoms with van der Waals surface area (Å²) in [6.45, 7) is 1.00. The van der Waals surface area contributed by atoms with Crippen LogP contribution < -0.4 is 5.73 Å². The molecule has 1 unspecified atom stereocenters. The van der Waals surface area contributed by atoms with Gasteiger partial charge in [0.1, 0.15) is 0 Å². The second-order valence-corrected chi connectivity index (χ2v) is 7.28. The number of nitrogens with two attached hydrogens (primary N) is 1. The van der Waals surface area contributed by atoms with E-state index in [1.165, 1.54) is 0 Å². The molecule has 0 aromatic rings. The number of hydrogen-bond acceptors (Lipinski definition) is 5. The highest BCUT2D eigenvalue weighted by atomic mass is 28.4. The molecule has 0 saturated heterocycles. The van der Waals surface area contributed by atoms with E-state index in [0.29, 0.717) is 0 Å². The normalized spacial score (nSPS) is 14.4. The van der Waals surface area contributed by atoms with Crippen LogP contribution in [0.25, 0.3) is 0 Å². The highest BCUT2D eigenvalue weighted by Crippen LogP contribution is 2.16. The van der Waals surface area contributed by atoms with Crippen molar-refractivity contribution >= 4 is 8.80 Å². The summed E-state index contributed by atoms with van der Waals surface area (Å²) in [5.41, 5.74) is 6.02. The molecule has 16 heavy (non-hydrogen) atoms. The lowest BCUT2D eigenvalue weighted by atomic mass is 10.2. The number of rotatable bonds is 9. The van der Waals surface area contributed by atoms with Crippen LogP contribution in [-0.2, 0) is 13.3 Å². The molecule has 1 atom stereocenters. The first-order chi connectivity index (χ1) is 7.49. The van der Waals surface area contributed by atoms with Crippen LogP contribution in [0.2, 0.25) is 6.04 Å². The molecule has 0 saturated carbocycles. The first-order valence-electron chi connectivity index (χ1n) is 5.55. The second kappa shape index (κ2) is 8.16. The first-order valence-corrected chi connectivity index (χ1v) is 7.48. The molecule has 0 heterocycles. The molecular weight excluding hydrogens is 224 g/mol. The molecule has 0 spiro atoms. The van der Waals surface area contributed by atoms with Gasteiger partial charge in [0, 0.05) is 33.4 Å². The average Bonchev–Trinajstić information content (AvgIpc) is 2.29. The Morgan fingerprint density at radius 3 is 1.94 bits per heavy atom. The summed E-state index contributed by atoms with van der Waals surface area (Å²) in [5, 5.41) is 0. The Kier molecular flexibility index (Phi) is 8.17. The van der Waals surface area contributed by atoms with Crippen molar-refractivity contribution in [3.05, 3.63) is 0 Å². The largest absolute Gasteiger partial charge is 0.500 e. The van der Waals surface area contributed by atoms with E-state index < -0.39 is 8.80 Å². The van der Waals surface area contributed by atoms with E-state index in [1.54, 1.807) is 21.3 Å². The summed E-state index contributed by atoms with van der Waals surface area (Å²) in [6.07, 6.45) is 1.85. The summed E-state index contributed by atoms with van der Waals surface area (Å²) >= 11 is 0. The summed E-state index contributed by atoms with van der Waals surface area (Å²) in [4.78, 5) is 2.13. The van der Waals surface area contributed by atoms with E-state index in [9.17, 15) is 0 Å². The molecule has 2 N–H and O–H groups in total. The summed E-state index contributed by atoms with van der Waals surface area (Å²) in [5.74, 6) is 0. The topological polar surface area (TPSA) is 57.0 Å². The smallest absolute Gasteiger partial charge is 0.377 e. The molecule has 0 aliphatic rings. The third kappa shape index (κ3) is 5.93. The van der Waals surface area contributed by atoms with Crippen molar-refractivity contribution in [2.45, 2.75) is 24.9 Å². The molecule has 0 aromatic heterocycles. The Labute approximate surface area is 100 Å². The molecular formula is C10H26N2O3Si. The Morgan fingerprint density at radius 2 is 1.56 bits per heavy atom. The van der Waals surface area contributed by atoms with E-state index in [0.717, 1.165) is 25.4 Å². The maximum Gasteiger partial charge on any atom is 0.500 e. The van der Waals surface area contributed by atoms with Gasteiger partial charge in [-0.15, -0.1) is 0 Å². The zero-order valence-corrected chi connectivity index (χ0v) is 12.2. The van der Waals surface area contributed by atoms with Crippen LogP contribution >= 0.6 is 0 Å². The minimum absolute atomic E-state index is 0.176. The molecule has 0 aromatic carbocycles. The lowest BCUT2D eigenvalue weighted by molar-refractivity contribution is 0.122. The predicted octanol–water partition coefficient (Wildman–Crippen LogP) is 0.534. The fourth-order valence-corrected chi connectivity index (χ4v) is 3.32. The van der Waals surface area contributed by atoms with Gasteiger partial charge in [0.2, 0.25) is 0 Å². The van der Waals surface area contributed by atoms with E-state index >= 15 is 0 Å². The van der Waals surface area contributed by atoms with E-state index in [4.69, 9.17) is 19.0 Å². The van der Waals surface area contributed by atoms with Crippen molar-refractivity contribution in [2.75, 3.05) is 42.0 Å². The number of nitrogens with zero attached hydrogens (tertiary/aromatic N) is 1. The average molecular weight is 250 g/mol. The van der Waals surface area contributed by atoms with Gasteiger partial charge in [0.05, 0.1) is 0 Å². The highest BCUT2D eigenvalue weighted by molar-refractivity contribution is 6.60. The SMILES string of the molecule is CO[Si](CCC(N)CCN(C)C)(OC)OC. The zero-order valence-electron chi connectivity index (χ0n) is 11.2. The highest BCUT2D eigenvalue weighted by Gasteiger charge is 2.37. The fourth-order valence-electron chi connectivity index (χ4n) is 1.49. The van der Waals surface area contributed by atoms with Gasteiger partial charge in [-0.3, -0.25) is 0 Å². The van der Waals surface area contributed by atoms with Crippen LogP contribution in [0.1, 0.15) is 12.8 Å². The minimum atomic E-state index is -2.43. The van der Waals surface area contributed by atoms with Gasteiger partial charge in [0.25, 0.3) is 0 Å². The van der Waals surface area contributed by atoms with E-state index in [1.807, 2.05) is 14.1 Å². The Bertz CT molecular complexity index is 169. The van der Waals surface area contributed by atoms with Crippen molar-refractivity contribution in [1.29, 1.82) is 0 Å². The van der Waals surface area contributed by atoms with Crippen LogP contribution in [0.4, 0.5) is 0 Å². The molecule has 98 valence electrons. The van der Waals surface area contributed by atoms with Gasteiger partial charge < -0.3 is 23.9 Å². The van der Waals surface area contributed by atoms with Crippen LogP contribution in [0.5, 0.6) is 0 Å².